The van der Waals surface area contributed by atoms with Crippen molar-refractivity contribution >= 4 is 11.6 Å². The Morgan fingerprint density at radius 2 is 1.54 bits per heavy atom. The molecule has 0 saturated heterocycles. The highest BCUT2D eigenvalue weighted by Gasteiger charge is 2.11. The molecule has 1 amide bonds. The van der Waals surface area contributed by atoms with Gasteiger partial charge in [0.2, 0.25) is 5.91 Å². The van der Waals surface area contributed by atoms with Gasteiger partial charge in [-0.05, 0) is 86.7 Å². The molecule has 0 atom stereocenters. The zero-order valence-corrected chi connectivity index (χ0v) is 17.0. The number of carbonyl (C=O) groups excluding carboxylic acids is 1. The fourth-order valence-electron chi connectivity index (χ4n) is 3.33. The summed E-state index contributed by atoms with van der Waals surface area (Å²) in [5.41, 5.74) is 7.65. The van der Waals surface area contributed by atoms with Gasteiger partial charge in [0.05, 0.1) is 5.69 Å². The summed E-state index contributed by atoms with van der Waals surface area (Å²) in [6.45, 7) is 9.95. The SMILES string of the molecule is Cc1cc(C)cc(NC(=O)Cn2nc(-c3cc(C)c(C)cc3C)ccc2=O)c1. The molecule has 0 aliphatic carbocycles. The topological polar surface area (TPSA) is 64.0 Å². The smallest absolute Gasteiger partial charge is 0.267 e. The van der Waals surface area contributed by atoms with Crippen LogP contribution in [-0.2, 0) is 11.3 Å². The first-order valence-corrected chi connectivity index (χ1v) is 9.27. The third-order valence-corrected chi connectivity index (χ3v) is 4.78. The van der Waals surface area contributed by atoms with Crippen molar-refractivity contribution in [2.75, 3.05) is 5.32 Å². The van der Waals surface area contributed by atoms with Crippen LogP contribution in [-0.4, -0.2) is 15.7 Å². The van der Waals surface area contributed by atoms with E-state index in [1.807, 2.05) is 45.9 Å². The maximum Gasteiger partial charge on any atom is 0.267 e. The van der Waals surface area contributed by atoms with E-state index in [1.54, 1.807) is 6.07 Å². The zero-order chi connectivity index (χ0) is 20.4. The second-order valence-corrected chi connectivity index (χ2v) is 7.39. The second kappa shape index (κ2) is 7.80. The monoisotopic (exact) mass is 375 g/mol. The number of benzene rings is 2. The van der Waals surface area contributed by atoms with Gasteiger partial charge in [0.1, 0.15) is 6.54 Å². The van der Waals surface area contributed by atoms with Gasteiger partial charge in [-0.25, -0.2) is 4.68 Å². The predicted octanol–water partition coefficient (Wildman–Crippen LogP) is 4.09. The van der Waals surface area contributed by atoms with Crippen molar-refractivity contribution in [3.8, 4) is 11.3 Å². The lowest BCUT2D eigenvalue weighted by molar-refractivity contribution is -0.117. The fourth-order valence-corrected chi connectivity index (χ4v) is 3.33. The number of nitrogens with zero attached hydrogens (tertiary/aromatic N) is 2. The van der Waals surface area contributed by atoms with Crippen LogP contribution in [0.1, 0.15) is 27.8 Å². The van der Waals surface area contributed by atoms with Crippen LogP contribution in [0.2, 0.25) is 0 Å². The first kappa shape index (κ1) is 19.5. The molecule has 1 heterocycles. The van der Waals surface area contributed by atoms with E-state index in [9.17, 15) is 9.59 Å². The van der Waals surface area contributed by atoms with Crippen LogP contribution in [0.25, 0.3) is 11.3 Å². The summed E-state index contributed by atoms with van der Waals surface area (Å²) in [5.74, 6) is -0.284. The Labute approximate surface area is 165 Å². The molecule has 0 unspecified atom stereocenters. The normalized spacial score (nSPS) is 10.8. The number of hydrogen-bond donors (Lipinski definition) is 1. The summed E-state index contributed by atoms with van der Waals surface area (Å²) in [6.07, 6.45) is 0. The molecule has 0 fully saturated rings. The molecule has 5 heteroatoms. The number of carbonyl (C=O) groups is 1. The Morgan fingerprint density at radius 3 is 2.21 bits per heavy atom. The average Bonchev–Trinajstić information content (AvgIpc) is 2.59. The van der Waals surface area contributed by atoms with Gasteiger partial charge in [0, 0.05) is 17.3 Å². The van der Waals surface area contributed by atoms with Gasteiger partial charge in [0.25, 0.3) is 5.56 Å². The van der Waals surface area contributed by atoms with E-state index in [0.29, 0.717) is 5.69 Å². The maximum atomic E-state index is 12.5. The number of amides is 1. The number of aryl methyl sites for hydroxylation is 5. The van der Waals surface area contributed by atoms with Crippen molar-refractivity contribution in [1.82, 2.24) is 9.78 Å². The van der Waals surface area contributed by atoms with E-state index >= 15 is 0 Å². The van der Waals surface area contributed by atoms with E-state index in [-0.39, 0.29) is 18.0 Å². The lowest BCUT2D eigenvalue weighted by Gasteiger charge is -2.12. The van der Waals surface area contributed by atoms with Gasteiger partial charge in [0.15, 0.2) is 0 Å². The summed E-state index contributed by atoms with van der Waals surface area (Å²) in [5, 5.41) is 7.28. The third-order valence-electron chi connectivity index (χ3n) is 4.78. The number of aromatic nitrogens is 2. The number of nitrogens with one attached hydrogen (secondary N) is 1. The molecule has 28 heavy (non-hydrogen) atoms. The van der Waals surface area contributed by atoms with E-state index < -0.39 is 0 Å². The molecule has 3 rings (SSSR count). The van der Waals surface area contributed by atoms with Crippen molar-refractivity contribution in [2.24, 2.45) is 0 Å². The Kier molecular flexibility index (Phi) is 5.45. The van der Waals surface area contributed by atoms with Gasteiger partial charge in [-0.1, -0.05) is 12.1 Å². The first-order valence-electron chi connectivity index (χ1n) is 9.27. The minimum absolute atomic E-state index is 0.135. The highest BCUT2D eigenvalue weighted by Crippen LogP contribution is 2.24. The van der Waals surface area contributed by atoms with Crippen molar-refractivity contribution in [3.05, 3.63) is 80.6 Å². The molecule has 0 aliphatic heterocycles. The number of hydrogen-bond acceptors (Lipinski definition) is 3. The summed E-state index contributed by atoms with van der Waals surface area (Å²) in [7, 11) is 0. The number of anilines is 1. The summed E-state index contributed by atoms with van der Waals surface area (Å²) < 4.78 is 1.21. The minimum atomic E-state index is -0.305. The Bertz CT molecular complexity index is 1090. The molecule has 144 valence electrons. The standard InChI is InChI=1S/C23H25N3O2/c1-14-8-15(2)10-19(9-14)24-22(27)13-26-23(28)7-6-21(25-26)20-12-17(4)16(3)11-18(20)5/h6-12H,13H2,1-5H3,(H,24,27). The van der Waals surface area contributed by atoms with Crippen molar-refractivity contribution in [1.29, 1.82) is 0 Å². The first-order chi connectivity index (χ1) is 13.2. The Morgan fingerprint density at radius 1 is 0.893 bits per heavy atom. The molecule has 0 aliphatic rings. The van der Waals surface area contributed by atoms with Crippen molar-refractivity contribution < 1.29 is 4.79 Å². The van der Waals surface area contributed by atoms with Gasteiger partial charge < -0.3 is 5.32 Å². The molecule has 5 nitrogen and oxygen atoms in total. The molecule has 3 aromatic rings. The quantitative estimate of drug-likeness (QED) is 0.747. The average molecular weight is 375 g/mol. The summed E-state index contributed by atoms with van der Waals surface area (Å²) in [4.78, 5) is 24.7. The van der Waals surface area contributed by atoms with Gasteiger partial charge in [-0.15, -0.1) is 0 Å². The molecule has 1 aromatic heterocycles. The lowest BCUT2D eigenvalue weighted by atomic mass is 9.99. The highest BCUT2D eigenvalue weighted by atomic mass is 16.2. The summed E-state index contributed by atoms with van der Waals surface area (Å²) in [6, 6.07) is 13.2. The van der Waals surface area contributed by atoms with E-state index in [1.165, 1.54) is 16.3 Å². The van der Waals surface area contributed by atoms with Gasteiger partial charge >= 0.3 is 0 Å². The fraction of sp³-hybridized carbons (Fsp3) is 0.261. The second-order valence-electron chi connectivity index (χ2n) is 7.39. The Balaban J connectivity index is 1.87. The van der Waals surface area contributed by atoms with E-state index in [0.717, 1.165) is 33.5 Å². The molecular weight excluding hydrogens is 350 g/mol. The highest BCUT2D eigenvalue weighted by molar-refractivity contribution is 5.90. The van der Waals surface area contributed by atoms with Crippen LogP contribution < -0.4 is 10.9 Å². The van der Waals surface area contributed by atoms with E-state index in [2.05, 4.69) is 29.5 Å². The Hall–Kier alpha value is -3.21. The van der Waals surface area contributed by atoms with Crippen LogP contribution in [0.4, 0.5) is 5.69 Å². The largest absolute Gasteiger partial charge is 0.324 e. The van der Waals surface area contributed by atoms with Gasteiger partial charge in [-0.2, -0.15) is 5.10 Å². The molecule has 0 saturated carbocycles. The van der Waals surface area contributed by atoms with Gasteiger partial charge in [-0.3, -0.25) is 9.59 Å². The zero-order valence-electron chi connectivity index (χ0n) is 17.0. The minimum Gasteiger partial charge on any atom is -0.324 e. The summed E-state index contributed by atoms with van der Waals surface area (Å²) >= 11 is 0. The van der Waals surface area contributed by atoms with Crippen molar-refractivity contribution in [2.45, 2.75) is 41.2 Å². The van der Waals surface area contributed by atoms with Crippen LogP contribution in [0.5, 0.6) is 0 Å². The number of rotatable bonds is 4. The molecule has 0 spiro atoms. The molecule has 1 N–H and O–H groups in total. The van der Waals surface area contributed by atoms with E-state index in [4.69, 9.17) is 0 Å². The molecule has 0 bridgehead atoms. The van der Waals surface area contributed by atoms with Crippen LogP contribution in [0, 0.1) is 34.6 Å². The van der Waals surface area contributed by atoms with Crippen LogP contribution in [0.3, 0.4) is 0 Å². The molecule has 0 radical (unpaired) electrons. The maximum absolute atomic E-state index is 12.5. The van der Waals surface area contributed by atoms with Crippen LogP contribution >= 0.6 is 0 Å². The molecule has 2 aromatic carbocycles. The van der Waals surface area contributed by atoms with Crippen LogP contribution in [0.15, 0.2) is 47.3 Å². The van der Waals surface area contributed by atoms with Crippen molar-refractivity contribution in [3.63, 3.8) is 0 Å². The molecular formula is C23H25N3O2. The lowest BCUT2D eigenvalue weighted by Crippen LogP contribution is -2.29. The third kappa shape index (κ3) is 4.36. The predicted molar refractivity (Wildman–Crippen MR) is 113 cm³/mol.